The molecular weight excluding hydrogens is 368 g/mol. The van der Waals surface area contributed by atoms with E-state index in [0.717, 1.165) is 16.7 Å². The minimum Gasteiger partial charge on any atom is -0.385 e. The van der Waals surface area contributed by atoms with Crippen LogP contribution in [0.15, 0.2) is 30.1 Å². The van der Waals surface area contributed by atoms with Crippen LogP contribution in [-0.4, -0.2) is 45.2 Å². The summed E-state index contributed by atoms with van der Waals surface area (Å²) in [5.74, 6) is 5.85. The van der Waals surface area contributed by atoms with Crippen molar-refractivity contribution in [2.75, 3.05) is 19.5 Å². The van der Waals surface area contributed by atoms with Gasteiger partial charge in [-0.25, -0.2) is 15.0 Å². The maximum atomic E-state index is 12.9. The van der Waals surface area contributed by atoms with Crippen molar-refractivity contribution in [3.63, 3.8) is 0 Å². The lowest BCUT2D eigenvalue weighted by Crippen LogP contribution is -2.14. The first-order valence-corrected chi connectivity index (χ1v) is 9.37. The van der Waals surface area contributed by atoms with Crippen molar-refractivity contribution in [2.24, 2.45) is 0 Å². The summed E-state index contributed by atoms with van der Waals surface area (Å²) in [7, 11) is 1.62. The Kier molecular flexibility index (Phi) is 6.06. The molecule has 0 spiro atoms. The van der Waals surface area contributed by atoms with Crippen molar-refractivity contribution in [1.29, 1.82) is 0 Å². The summed E-state index contributed by atoms with van der Waals surface area (Å²) in [6.07, 6.45) is 4.82. The third-order valence-electron chi connectivity index (χ3n) is 4.44. The number of aromatic nitrogens is 3. The van der Waals surface area contributed by atoms with Gasteiger partial charge in [-0.15, -0.1) is 0 Å². The molecule has 0 saturated heterocycles. The lowest BCUT2D eigenvalue weighted by atomic mass is 9.98. The first kappa shape index (κ1) is 20.6. The zero-order chi connectivity index (χ0) is 21.0. The molecule has 2 heterocycles. The molecule has 0 amide bonds. The highest BCUT2D eigenvalue weighted by Gasteiger charge is 2.28. The van der Waals surface area contributed by atoms with E-state index in [1.165, 1.54) is 0 Å². The number of ketones is 1. The molecule has 0 unspecified atom stereocenters. The number of rotatable bonds is 6. The van der Waals surface area contributed by atoms with Crippen molar-refractivity contribution in [3.05, 3.63) is 52.6 Å². The number of fused-ring (bicyclic) bond motifs is 1. The van der Waals surface area contributed by atoms with Crippen molar-refractivity contribution < 1.29 is 14.6 Å². The van der Waals surface area contributed by atoms with Crippen LogP contribution in [0.2, 0.25) is 0 Å². The molecule has 1 aliphatic rings. The fourth-order valence-corrected chi connectivity index (χ4v) is 3.16. The maximum absolute atomic E-state index is 12.9. The molecule has 150 valence electrons. The van der Waals surface area contributed by atoms with Crippen LogP contribution in [0.1, 0.15) is 49.2 Å². The molecule has 0 saturated carbocycles. The lowest BCUT2D eigenvalue weighted by Gasteiger charge is -2.09. The largest absolute Gasteiger partial charge is 0.385 e. The number of nitrogen functional groups attached to an aromatic ring is 1. The van der Waals surface area contributed by atoms with Crippen LogP contribution >= 0.6 is 0 Å². The summed E-state index contributed by atoms with van der Waals surface area (Å²) in [5.41, 5.74) is 8.98. The topological polar surface area (TPSA) is 111 Å². The number of hydrogen-bond acceptors (Lipinski definition) is 7. The summed E-state index contributed by atoms with van der Waals surface area (Å²) in [4.78, 5) is 25.6. The number of methoxy groups -OCH3 is 1. The number of nitrogens with zero attached hydrogens (tertiary/aromatic N) is 3. The van der Waals surface area contributed by atoms with Gasteiger partial charge in [0.1, 0.15) is 11.3 Å². The second kappa shape index (κ2) is 8.52. The molecule has 7 heteroatoms. The number of hydrogen-bond donors (Lipinski definition) is 2. The predicted octanol–water partition coefficient (Wildman–Crippen LogP) is 1.93. The fraction of sp³-hybridized carbons (Fsp3) is 0.364. The van der Waals surface area contributed by atoms with Gasteiger partial charge in [0.25, 0.3) is 0 Å². The van der Waals surface area contributed by atoms with Crippen molar-refractivity contribution >= 4 is 17.3 Å². The second-order valence-corrected chi connectivity index (χ2v) is 7.39. The summed E-state index contributed by atoms with van der Waals surface area (Å²) >= 11 is 0. The molecule has 0 aromatic carbocycles. The molecule has 2 aromatic rings. The van der Waals surface area contributed by atoms with Gasteiger partial charge in [-0.1, -0.05) is 5.92 Å². The first-order chi connectivity index (χ1) is 13.8. The van der Waals surface area contributed by atoms with Crippen LogP contribution < -0.4 is 5.73 Å². The molecule has 2 aromatic heterocycles. The van der Waals surface area contributed by atoms with Gasteiger partial charge < -0.3 is 15.6 Å². The number of allylic oxidation sites excluding steroid dienone is 1. The maximum Gasteiger partial charge on any atom is 0.220 e. The quantitative estimate of drug-likeness (QED) is 0.571. The van der Waals surface area contributed by atoms with Gasteiger partial charge in [0.2, 0.25) is 5.95 Å². The molecule has 3 N–H and O–H groups in total. The zero-order valence-electron chi connectivity index (χ0n) is 16.8. The molecule has 0 fully saturated rings. The molecule has 0 bridgehead atoms. The number of anilines is 1. The van der Waals surface area contributed by atoms with Gasteiger partial charge >= 0.3 is 0 Å². The van der Waals surface area contributed by atoms with Crippen LogP contribution in [0.5, 0.6) is 0 Å². The van der Waals surface area contributed by atoms with Crippen LogP contribution in [0.4, 0.5) is 5.95 Å². The van der Waals surface area contributed by atoms with E-state index in [4.69, 9.17) is 10.5 Å². The molecule has 0 radical (unpaired) electrons. The zero-order valence-corrected chi connectivity index (χ0v) is 16.8. The number of Topliss-reactive ketones (excluding diaryl/α,β-unsaturated/α-hetero) is 1. The monoisotopic (exact) mass is 392 g/mol. The molecular formula is C22H24N4O3. The van der Waals surface area contributed by atoms with Crippen molar-refractivity contribution in [3.8, 4) is 11.8 Å². The average Bonchev–Trinajstić information content (AvgIpc) is 3.05. The summed E-state index contributed by atoms with van der Waals surface area (Å²) < 4.78 is 5.06. The van der Waals surface area contributed by atoms with Gasteiger partial charge in [-0.05, 0) is 49.4 Å². The Bertz CT molecular complexity index is 1030. The van der Waals surface area contributed by atoms with Gasteiger partial charge in [0.05, 0.1) is 5.69 Å². The molecule has 0 aliphatic heterocycles. The highest BCUT2D eigenvalue weighted by molar-refractivity contribution is 6.08. The van der Waals surface area contributed by atoms with E-state index in [0.29, 0.717) is 42.8 Å². The Morgan fingerprint density at radius 3 is 2.86 bits per heavy atom. The van der Waals surface area contributed by atoms with Crippen LogP contribution in [0.3, 0.4) is 0 Å². The molecule has 7 nitrogen and oxygen atoms in total. The third-order valence-corrected chi connectivity index (χ3v) is 4.44. The lowest BCUT2D eigenvalue weighted by molar-refractivity contribution is -0.115. The highest BCUT2D eigenvalue weighted by Crippen LogP contribution is 2.37. The molecule has 1 aliphatic carbocycles. The first-order valence-electron chi connectivity index (χ1n) is 9.37. The number of pyridine rings is 1. The number of ether oxygens (including phenoxy) is 1. The Labute approximate surface area is 170 Å². The van der Waals surface area contributed by atoms with E-state index in [1.807, 2.05) is 6.07 Å². The molecule has 3 rings (SSSR count). The third kappa shape index (κ3) is 5.05. The van der Waals surface area contributed by atoms with E-state index >= 15 is 0 Å². The minimum absolute atomic E-state index is 0.0505. The number of aliphatic hydroxyl groups is 1. The van der Waals surface area contributed by atoms with Crippen molar-refractivity contribution in [2.45, 2.75) is 38.7 Å². The minimum atomic E-state index is -1.12. The second-order valence-electron chi connectivity index (χ2n) is 7.39. The van der Waals surface area contributed by atoms with E-state index in [-0.39, 0.29) is 11.7 Å². The normalized spacial score (nSPS) is 13.1. The fourth-order valence-electron chi connectivity index (χ4n) is 3.16. The Morgan fingerprint density at radius 2 is 2.17 bits per heavy atom. The number of carbonyl (C=O) groups is 1. The SMILES string of the molecule is COCCCC(=O)C1=C(c2ccnc(N)n2)c2cc(C#CC(C)(C)O)ncc2C1. The van der Waals surface area contributed by atoms with Gasteiger partial charge in [-0.2, -0.15) is 0 Å². The molecule has 29 heavy (non-hydrogen) atoms. The van der Waals surface area contributed by atoms with E-state index in [9.17, 15) is 9.90 Å². The predicted molar refractivity (Wildman–Crippen MR) is 110 cm³/mol. The van der Waals surface area contributed by atoms with Gasteiger partial charge in [0.15, 0.2) is 5.78 Å². The van der Waals surface area contributed by atoms with Crippen LogP contribution in [0, 0.1) is 11.8 Å². The van der Waals surface area contributed by atoms with E-state index < -0.39 is 5.60 Å². The van der Waals surface area contributed by atoms with Crippen LogP contribution in [0.25, 0.3) is 5.57 Å². The Morgan fingerprint density at radius 1 is 1.38 bits per heavy atom. The van der Waals surface area contributed by atoms with Crippen LogP contribution in [-0.2, 0) is 16.0 Å². The Hall–Kier alpha value is -3.08. The smallest absolute Gasteiger partial charge is 0.220 e. The summed E-state index contributed by atoms with van der Waals surface area (Å²) in [5, 5.41) is 9.85. The summed E-state index contributed by atoms with van der Waals surface area (Å²) in [6.45, 7) is 3.75. The van der Waals surface area contributed by atoms with Crippen molar-refractivity contribution in [1.82, 2.24) is 15.0 Å². The summed E-state index contributed by atoms with van der Waals surface area (Å²) in [6, 6.07) is 3.57. The standard InChI is InChI=1S/C22H24N4O3/c1-22(2,28)8-6-15-12-16-14(13-25-15)11-17(19(27)5-4-10-29-3)20(16)18-7-9-24-21(23)26-18/h7,9,12-13,28H,4-5,10-11H2,1-3H3,(H2,23,24,26). The van der Waals surface area contributed by atoms with E-state index in [1.54, 1.807) is 39.4 Å². The average molecular weight is 392 g/mol. The number of carbonyl (C=O) groups excluding carboxylic acids is 1. The van der Waals surface area contributed by atoms with Gasteiger partial charge in [0, 0.05) is 50.1 Å². The van der Waals surface area contributed by atoms with Gasteiger partial charge in [-0.3, -0.25) is 4.79 Å². The number of nitrogens with two attached hydrogens (primary N) is 1. The Balaban J connectivity index is 2.07. The molecule has 0 atom stereocenters. The van der Waals surface area contributed by atoms with E-state index in [2.05, 4.69) is 26.8 Å². The highest BCUT2D eigenvalue weighted by atomic mass is 16.5.